The predicted octanol–water partition coefficient (Wildman–Crippen LogP) is 3.40. The summed E-state index contributed by atoms with van der Waals surface area (Å²) in [7, 11) is -5.80. The Bertz CT molecular complexity index is 860. The third-order valence-corrected chi connectivity index (χ3v) is 5.52. The predicted molar refractivity (Wildman–Crippen MR) is 85.9 cm³/mol. The summed E-state index contributed by atoms with van der Waals surface area (Å²) in [4.78, 5) is 11.0. The topological polar surface area (TPSA) is 89.9 Å². The van der Waals surface area contributed by atoms with Crippen molar-refractivity contribution in [1.82, 2.24) is 0 Å². The molecule has 10 heteroatoms. The summed E-state index contributed by atoms with van der Waals surface area (Å²) in [5.74, 6) is -1.03. The molecule has 1 aliphatic rings. The maximum absolute atomic E-state index is 12.7. The van der Waals surface area contributed by atoms with Crippen molar-refractivity contribution >= 4 is 16.1 Å². The van der Waals surface area contributed by atoms with Gasteiger partial charge >= 0.3 is 21.6 Å². The van der Waals surface area contributed by atoms with Crippen molar-refractivity contribution < 1.29 is 40.4 Å². The fourth-order valence-electron chi connectivity index (χ4n) is 3.01. The van der Waals surface area contributed by atoms with Gasteiger partial charge in [-0.25, -0.2) is 0 Å². The number of ether oxygens (including phenoxy) is 1. The Hall–Kier alpha value is -1.97. The molecule has 0 spiro atoms. The number of carboxylic acids is 1. The molecule has 0 radical (unpaired) electrons. The SMILES string of the molecule is Cc1c(C)c2c(c(C)c1OS(=O)(=O)C(F)(F)F)CC[C@@](C)(CC(=O)O)O2. The molecule has 1 N–H and O–H groups in total. The molecule has 0 fully saturated rings. The summed E-state index contributed by atoms with van der Waals surface area (Å²) in [6.07, 6.45) is 0.417. The van der Waals surface area contributed by atoms with E-state index in [0.717, 1.165) is 0 Å². The molecular weight excluding hydrogens is 377 g/mol. The van der Waals surface area contributed by atoms with E-state index in [1.54, 1.807) is 13.8 Å². The summed E-state index contributed by atoms with van der Waals surface area (Å²) in [6, 6.07) is 0. The Morgan fingerprint density at radius 1 is 1.23 bits per heavy atom. The quantitative estimate of drug-likeness (QED) is 0.620. The molecule has 1 aromatic carbocycles. The molecule has 146 valence electrons. The number of rotatable bonds is 4. The number of alkyl halides is 3. The van der Waals surface area contributed by atoms with Crippen molar-refractivity contribution in [2.75, 3.05) is 0 Å². The fourth-order valence-corrected chi connectivity index (χ4v) is 3.57. The molecule has 1 aromatic rings. The second-order valence-corrected chi connectivity index (χ2v) is 8.16. The normalized spacial score (nSPS) is 20.3. The zero-order valence-electron chi connectivity index (χ0n) is 14.7. The van der Waals surface area contributed by atoms with Crippen molar-refractivity contribution in [3.63, 3.8) is 0 Å². The largest absolute Gasteiger partial charge is 0.534 e. The van der Waals surface area contributed by atoms with Gasteiger partial charge in [-0.1, -0.05) is 0 Å². The van der Waals surface area contributed by atoms with Crippen LogP contribution in [-0.2, 0) is 21.3 Å². The van der Waals surface area contributed by atoms with E-state index in [0.29, 0.717) is 29.7 Å². The van der Waals surface area contributed by atoms with E-state index < -0.39 is 27.2 Å². The standard InChI is InChI=1S/C16H19F3O6S/c1-8-9(2)14-11(5-6-15(4,24-14)7-12(20)21)10(3)13(8)25-26(22,23)16(17,18)19/h5-7H2,1-4H3,(H,20,21)/t15-/m0/s1. The molecule has 0 amide bonds. The van der Waals surface area contributed by atoms with E-state index in [4.69, 9.17) is 9.84 Å². The van der Waals surface area contributed by atoms with Gasteiger partial charge in [-0.3, -0.25) is 4.79 Å². The van der Waals surface area contributed by atoms with Crippen molar-refractivity contribution in [3.8, 4) is 11.5 Å². The lowest BCUT2D eigenvalue weighted by atomic mass is 9.85. The number of carboxylic acid groups (broad SMARTS) is 1. The highest BCUT2D eigenvalue weighted by atomic mass is 32.2. The summed E-state index contributed by atoms with van der Waals surface area (Å²) in [6.45, 7) is 6.09. The Morgan fingerprint density at radius 2 is 1.81 bits per heavy atom. The summed E-state index contributed by atoms with van der Waals surface area (Å²) < 4.78 is 71.0. The van der Waals surface area contributed by atoms with E-state index in [9.17, 15) is 26.4 Å². The molecular formula is C16H19F3O6S. The van der Waals surface area contributed by atoms with E-state index in [2.05, 4.69) is 4.18 Å². The average molecular weight is 396 g/mol. The van der Waals surface area contributed by atoms with Crippen LogP contribution in [0.3, 0.4) is 0 Å². The number of halogens is 3. The molecule has 26 heavy (non-hydrogen) atoms. The van der Waals surface area contributed by atoms with Crippen molar-refractivity contribution in [3.05, 3.63) is 22.3 Å². The zero-order chi connectivity index (χ0) is 20.1. The second-order valence-electron chi connectivity index (χ2n) is 6.62. The van der Waals surface area contributed by atoms with E-state index in [-0.39, 0.29) is 23.3 Å². The smallest absolute Gasteiger partial charge is 0.486 e. The molecule has 1 aliphatic heterocycles. The molecule has 1 atom stereocenters. The summed E-state index contributed by atoms with van der Waals surface area (Å²) in [5.41, 5.74) is -5.14. The molecule has 0 aliphatic carbocycles. The van der Waals surface area contributed by atoms with Gasteiger partial charge in [0.25, 0.3) is 0 Å². The van der Waals surface area contributed by atoms with Crippen LogP contribution < -0.4 is 8.92 Å². The van der Waals surface area contributed by atoms with Crippen LogP contribution in [0.1, 0.15) is 42.0 Å². The van der Waals surface area contributed by atoms with Crippen LogP contribution in [0.25, 0.3) is 0 Å². The number of hydrogen-bond acceptors (Lipinski definition) is 5. The molecule has 0 bridgehead atoms. The van der Waals surface area contributed by atoms with Gasteiger partial charge in [0.2, 0.25) is 0 Å². The van der Waals surface area contributed by atoms with Crippen LogP contribution in [0, 0.1) is 20.8 Å². The molecule has 2 rings (SSSR count). The van der Waals surface area contributed by atoms with Crippen molar-refractivity contribution in [2.24, 2.45) is 0 Å². The highest BCUT2D eigenvalue weighted by Crippen LogP contribution is 2.45. The van der Waals surface area contributed by atoms with E-state index >= 15 is 0 Å². The van der Waals surface area contributed by atoms with E-state index in [1.165, 1.54) is 13.8 Å². The fraction of sp³-hybridized carbons (Fsp3) is 0.562. The summed E-state index contributed by atoms with van der Waals surface area (Å²) >= 11 is 0. The lowest BCUT2D eigenvalue weighted by Gasteiger charge is -2.37. The molecule has 0 unspecified atom stereocenters. The Kier molecular flexibility index (Phi) is 4.95. The van der Waals surface area contributed by atoms with E-state index in [1.807, 2.05) is 0 Å². The van der Waals surface area contributed by atoms with Gasteiger partial charge in [-0.15, -0.1) is 0 Å². The monoisotopic (exact) mass is 396 g/mol. The molecule has 0 aromatic heterocycles. The maximum atomic E-state index is 12.7. The number of fused-ring (bicyclic) bond motifs is 1. The minimum atomic E-state index is -5.80. The maximum Gasteiger partial charge on any atom is 0.534 e. The first-order valence-electron chi connectivity index (χ1n) is 7.73. The Morgan fingerprint density at radius 3 is 2.31 bits per heavy atom. The zero-order valence-corrected chi connectivity index (χ0v) is 15.5. The van der Waals surface area contributed by atoms with Crippen LogP contribution in [0.2, 0.25) is 0 Å². The van der Waals surface area contributed by atoms with Gasteiger partial charge in [0.15, 0.2) is 0 Å². The van der Waals surface area contributed by atoms with Crippen LogP contribution in [0.5, 0.6) is 11.5 Å². The van der Waals surface area contributed by atoms with Crippen LogP contribution >= 0.6 is 0 Å². The molecule has 0 saturated heterocycles. The van der Waals surface area contributed by atoms with Crippen LogP contribution in [-0.4, -0.2) is 30.6 Å². The van der Waals surface area contributed by atoms with Gasteiger partial charge in [0.05, 0.1) is 6.42 Å². The summed E-state index contributed by atoms with van der Waals surface area (Å²) in [5, 5.41) is 9.03. The minimum absolute atomic E-state index is 0.189. The number of carbonyl (C=O) groups is 1. The van der Waals surface area contributed by atoms with Crippen molar-refractivity contribution in [2.45, 2.75) is 58.1 Å². The molecule has 6 nitrogen and oxygen atoms in total. The van der Waals surface area contributed by atoms with Gasteiger partial charge < -0.3 is 14.0 Å². The second kappa shape index (κ2) is 6.33. The number of aliphatic carboxylic acids is 1. The number of benzene rings is 1. The van der Waals surface area contributed by atoms with Gasteiger partial charge in [0, 0.05) is 5.56 Å². The minimum Gasteiger partial charge on any atom is -0.486 e. The van der Waals surface area contributed by atoms with Crippen molar-refractivity contribution in [1.29, 1.82) is 0 Å². The van der Waals surface area contributed by atoms with Gasteiger partial charge in [-0.05, 0) is 57.2 Å². The Labute approximate surface area is 149 Å². The average Bonchev–Trinajstić information content (AvgIpc) is 2.47. The number of hydrogen-bond donors (Lipinski definition) is 1. The first-order chi connectivity index (χ1) is 11.7. The Balaban J connectivity index is 2.53. The molecule has 0 saturated carbocycles. The first kappa shape index (κ1) is 20.3. The molecule has 1 heterocycles. The van der Waals surface area contributed by atoms with Gasteiger partial charge in [-0.2, -0.15) is 21.6 Å². The van der Waals surface area contributed by atoms with Gasteiger partial charge in [0.1, 0.15) is 17.1 Å². The van der Waals surface area contributed by atoms with Crippen LogP contribution in [0.4, 0.5) is 13.2 Å². The van der Waals surface area contributed by atoms with Crippen LogP contribution in [0.15, 0.2) is 0 Å². The highest BCUT2D eigenvalue weighted by Gasteiger charge is 2.49. The first-order valence-corrected chi connectivity index (χ1v) is 9.13. The highest BCUT2D eigenvalue weighted by molar-refractivity contribution is 7.88. The lowest BCUT2D eigenvalue weighted by molar-refractivity contribution is -0.141. The lowest BCUT2D eigenvalue weighted by Crippen LogP contribution is -2.39. The third-order valence-electron chi connectivity index (χ3n) is 4.57. The third kappa shape index (κ3) is 3.60.